The predicted octanol–water partition coefficient (Wildman–Crippen LogP) is 8.79. The normalized spacial score (nSPS) is 13.9. The van der Waals surface area contributed by atoms with Gasteiger partial charge in [-0.3, -0.25) is 0 Å². The van der Waals surface area contributed by atoms with E-state index in [1.54, 1.807) is 6.20 Å². The summed E-state index contributed by atoms with van der Waals surface area (Å²) in [5.41, 5.74) is 4.01. The fourth-order valence-corrected chi connectivity index (χ4v) is 6.03. The van der Waals surface area contributed by atoms with Crippen LogP contribution < -0.4 is 4.57 Å². The van der Waals surface area contributed by atoms with Gasteiger partial charge in [-0.15, -0.1) is 0 Å². The molecule has 2 nitrogen and oxygen atoms in total. The highest BCUT2D eigenvalue weighted by molar-refractivity contribution is 6.25. The first-order chi connectivity index (χ1) is 18.8. The van der Waals surface area contributed by atoms with Gasteiger partial charge in [0.1, 0.15) is 18.2 Å². The lowest BCUT2D eigenvalue weighted by molar-refractivity contribution is -0.645. The van der Waals surface area contributed by atoms with Crippen LogP contribution in [0.25, 0.3) is 75.9 Å². The van der Waals surface area contributed by atoms with Crippen LogP contribution in [0.4, 0.5) is 0 Å². The molecule has 0 saturated carbocycles. The zero-order valence-corrected chi connectivity index (χ0v) is 20.0. The number of hydrogen-bond acceptors (Lipinski definition) is 1. The van der Waals surface area contributed by atoms with Gasteiger partial charge >= 0.3 is 0 Å². The Balaban J connectivity index is 1.77. The molecule has 0 unspecified atom stereocenters. The zero-order valence-electron chi connectivity index (χ0n) is 23.0. The Morgan fingerprint density at radius 2 is 1.31 bits per heavy atom. The van der Waals surface area contributed by atoms with Gasteiger partial charge in [0.2, 0.25) is 5.52 Å². The first-order valence-electron chi connectivity index (χ1n) is 13.7. The molecular formula is C34H24NO+. The molecule has 0 saturated heterocycles. The highest BCUT2D eigenvalue weighted by Crippen LogP contribution is 2.40. The highest BCUT2D eigenvalue weighted by atomic mass is 16.3. The average molecular weight is 466 g/mol. The molecule has 8 aromatic rings. The molecule has 36 heavy (non-hydrogen) atoms. The first kappa shape index (κ1) is 17.1. The van der Waals surface area contributed by atoms with E-state index in [1.807, 2.05) is 29.8 Å². The van der Waals surface area contributed by atoms with Crippen molar-refractivity contribution in [1.29, 1.82) is 0 Å². The van der Waals surface area contributed by atoms with Crippen LogP contribution in [0.5, 0.6) is 0 Å². The summed E-state index contributed by atoms with van der Waals surface area (Å²) in [4.78, 5) is 0. The number of fused-ring (bicyclic) bond motifs is 9. The van der Waals surface area contributed by atoms with Gasteiger partial charge in [-0.25, -0.2) is 4.57 Å². The van der Waals surface area contributed by atoms with Gasteiger partial charge in [0.15, 0.2) is 6.20 Å². The third-order valence-electron chi connectivity index (χ3n) is 7.85. The quantitative estimate of drug-likeness (QED) is 0.162. The van der Waals surface area contributed by atoms with E-state index >= 15 is 0 Å². The van der Waals surface area contributed by atoms with E-state index in [9.17, 15) is 0 Å². The number of benzene rings is 5. The molecule has 0 radical (unpaired) electrons. The van der Waals surface area contributed by atoms with E-state index in [1.165, 1.54) is 0 Å². The van der Waals surface area contributed by atoms with Crippen LogP contribution >= 0.6 is 0 Å². The van der Waals surface area contributed by atoms with Gasteiger partial charge in [-0.05, 0) is 75.2 Å². The van der Waals surface area contributed by atoms with Crippen LogP contribution in [0, 0.1) is 13.8 Å². The molecule has 8 rings (SSSR count). The van der Waals surface area contributed by atoms with E-state index in [2.05, 4.69) is 73.7 Å². The molecule has 2 heteroatoms. The van der Waals surface area contributed by atoms with Crippen molar-refractivity contribution in [3.8, 4) is 0 Å². The topological polar surface area (TPSA) is 17.0 Å². The number of aryl methyl sites for hydroxylation is 3. The number of pyridine rings is 1. The predicted molar refractivity (Wildman–Crippen MR) is 152 cm³/mol. The fourth-order valence-electron chi connectivity index (χ4n) is 6.03. The molecular weight excluding hydrogens is 438 g/mol. The van der Waals surface area contributed by atoms with Crippen molar-refractivity contribution in [3.05, 3.63) is 102 Å². The van der Waals surface area contributed by atoms with E-state index in [4.69, 9.17) is 8.53 Å². The smallest absolute Gasteiger partial charge is 0.216 e. The first-order valence-corrected chi connectivity index (χ1v) is 12.2. The maximum Gasteiger partial charge on any atom is 0.216 e. The Kier molecular flexibility index (Phi) is 3.24. The van der Waals surface area contributed by atoms with Gasteiger partial charge in [-0.1, -0.05) is 60.7 Å². The standard InChI is InChI=1S/C34H24NO/c1-19-7-13-26-27-14-12-22-10-8-21-9-11-24-16-29(21)32(22)34(27)36-33(26)31(19)30-17-28(20(2)18-35(30)3)25-6-4-5-23(24)15-25/h4-18H,1-3H3/q+1/i2D3. The lowest BCUT2D eigenvalue weighted by Gasteiger charge is -2.07. The molecule has 170 valence electrons. The molecule has 0 aliphatic heterocycles. The van der Waals surface area contributed by atoms with Gasteiger partial charge in [0.05, 0.1) is 5.39 Å². The van der Waals surface area contributed by atoms with Crippen molar-refractivity contribution in [2.75, 3.05) is 0 Å². The minimum Gasteiger partial charge on any atom is -0.454 e. The Bertz CT molecular complexity index is 2340. The van der Waals surface area contributed by atoms with Crippen LogP contribution in [0.15, 0.2) is 95.5 Å². The molecule has 5 aromatic carbocycles. The molecule has 0 spiro atoms. The molecule has 0 N–H and O–H groups in total. The lowest BCUT2D eigenvalue weighted by Crippen LogP contribution is -2.28. The van der Waals surface area contributed by atoms with Crippen LogP contribution in [0.3, 0.4) is 0 Å². The average Bonchev–Trinajstić information content (AvgIpc) is 3.30. The largest absolute Gasteiger partial charge is 0.454 e. The molecule has 0 fully saturated rings. The molecule has 0 aliphatic rings. The third-order valence-corrected chi connectivity index (χ3v) is 7.85. The number of hydrogen-bond donors (Lipinski definition) is 0. The molecule has 0 aliphatic carbocycles. The number of nitrogens with zero attached hydrogens (tertiary/aromatic N) is 1. The Hall–Kier alpha value is -4.43. The second-order valence-electron chi connectivity index (χ2n) is 9.96. The Morgan fingerprint density at radius 3 is 2.17 bits per heavy atom. The lowest BCUT2D eigenvalue weighted by atomic mass is 9.97. The summed E-state index contributed by atoms with van der Waals surface area (Å²) in [5, 5.41) is 11.4. The highest BCUT2D eigenvalue weighted by Gasteiger charge is 2.18. The summed E-state index contributed by atoms with van der Waals surface area (Å²) in [7, 11) is 1.92. The zero-order chi connectivity index (χ0) is 26.6. The SMILES string of the molecule is [2H]C([2H])([2H])c1c[n+](C)c2cc1c1cccc(c1)c1ccc3ccc4ccc5c6ccc(C)c2c6oc5c4c3c1. The van der Waals surface area contributed by atoms with E-state index in [0.717, 1.165) is 76.1 Å². The van der Waals surface area contributed by atoms with Crippen LogP contribution in [0.1, 0.15) is 15.2 Å². The summed E-state index contributed by atoms with van der Waals surface area (Å²) in [6.07, 6.45) is 1.76. The second-order valence-corrected chi connectivity index (χ2v) is 9.96. The molecule has 3 heterocycles. The van der Waals surface area contributed by atoms with E-state index in [-0.39, 0.29) is 0 Å². The molecule has 0 amide bonds. The molecule has 3 aromatic heterocycles. The number of rotatable bonds is 0. The van der Waals surface area contributed by atoms with Crippen molar-refractivity contribution in [2.45, 2.75) is 13.8 Å². The number of aromatic nitrogens is 1. The van der Waals surface area contributed by atoms with Gasteiger partial charge in [-0.2, -0.15) is 0 Å². The monoisotopic (exact) mass is 465 g/mol. The van der Waals surface area contributed by atoms with Crippen molar-refractivity contribution in [1.82, 2.24) is 0 Å². The summed E-state index contributed by atoms with van der Waals surface area (Å²) in [6, 6.07) is 29.7. The molecule has 8 bridgehead atoms. The van der Waals surface area contributed by atoms with E-state index < -0.39 is 6.85 Å². The maximum atomic E-state index is 8.35. The van der Waals surface area contributed by atoms with Gasteiger partial charge in [0.25, 0.3) is 0 Å². The molecule has 0 atom stereocenters. The van der Waals surface area contributed by atoms with E-state index in [0.29, 0.717) is 10.9 Å². The van der Waals surface area contributed by atoms with Gasteiger partial charge < -0.3 is 4.42 Å². The fraction of sp³-hybridized carbons (Fsp3) is 0.0882. The third kappa shape index (κ3) is 2.54. The van der Waals surface area contributed by atoms with Crippen LogP contribution in [-0.4, -0.2) is 0 Å². The van der Waals surface area contributed by atoms with Crippen LogP contribution in [-0.2, 0) is 7.05 Å². The van der Waals surface area contributed by atoms with Crippen molar-refractivity contribution in [3.63, 3.8) is 0 Å². The minimum absolute atomic E-state index is 0.329. The number of furan rings is 1. The summed E-state index contributed by atoms with van der Waals surface area (Å²) in [5.74, 6) is 0. The Labute approximate surface area is 212 Å². The van der Waals surface area contributed by atoms with Crippen molar-refractivity contribution < 1.29 is 13.1 Å². The van der Waals surface area contributed by atoms with Crippen molar-refractivity contribution >= 4 is 75.9 Å². The minimum atomic E-state index is -2.27. The summed E-state index contributed by atoms with van der Waals surface area (Å²) >= 11 is 0. The summed E-state index contributed by atoms with van der Waals surface area (Å²) in [6.45, 7) is -0.181. The second kappa shape index (κ2) is 6.83. The maximum absolute atomic E-state index is 8.35. The Morgan fingerprint density at radius 1 is 0.611 bits per heavy atom. The summed E-state index contributed by atoms with van der Waals surface area (Å²) < 4.78 is 33.8. The van der Waals surface area contributed by atoms with Gasteiger partial charge in [0, 0.05) is 31.9 Å². The van der Waals surface area contributed by atoms with Crippen LogP contribution in [0.2, 0.25) is 0 Å². The van der Waals surface area contributed by atoms with Crippen molar-refractivity contribution in [2.24, 2.45) is 7.05 Å².